The van der Waals surface area contributed by atoms with E-state index in [4.69, 9.17) is 9.72 Å². The zero-order valence-electron chi connectivity index (χ0n) is 13.2. The molecule has 3 rings (SSSR count). The second-order valence-electron chi connectivity index (χ2n) is 5.80. The van der Waals surface area contributed by atoms with Crippen molar-refractivity contribution in [1.82, 2.24) is 9.55 Å². The van der Waals surface area contributed by atoms with E-state index in [0.717, 1.165) is 5.56 Å². The smallest absolute Gasteiger partial charge is 0.262 e. The Morgan fingerprint density at radius 2 is 2.00 bits per heavy atom. The second-order valence-corrected chi connectivity index (χ2v) is 5.80. The van der Waals surface area contributed by atoms with E-state index in [2.05, 4.69) is 4.90 Å². The van der Waals surface area contributed by atoms with Crippen molar-refractivity contribution in [3.63, 3.8) is 0 Å². The first kappa shape index (κ1) is 15.0. The molecule has 1 atom stereocenters. The Kier molecular flexibility index (Phi) is 3.88. The Bertz CT molecular complexity index is 761. The average Bonchev–Trinajstić information content (AvgIpc) is 2.51. The molecule has 0 saturated carbocycles. The van der Waals surface area contributed by atoms with E-state index in [0.29, 0.717) is 48.7 Å². The van der Waals surface area contributed by atoms with Crippen LogP contribution < -0.4 is 10.5 Å². The minimum atomic E-state index is -0.667. The van der Waals surface area contributed by atoms with Crippen molar-refractivity contribution in [2.45, 2.75) is 20.0 Å². The van der Waals surface area contributed by atoms with Gasteiger partial charge in [0.25, 0.3) is 5.56 Å². The Morgan fingerprint density at radius 1 is 1.32 bits per heavy atom. The summed E-state index contributed by atoms with van der Waals surface area (Å²) < 4.78 is 6.94. The van der Waals surface area contributed by atoms with Crippen molar-refractivity contribution < 1.29 is 9.84 Å². The molecule has 1 unspecified atom stereocenters. The molecular formula is C16H21N3O3. The summed E-state index contributed by atoms with van der Waals surface area (Å²) in [6.45, 7) is 6.29. The highest BCUT2D eigenvalue weighted by Crippen LogP contribution is 2.25. The topological polar surface area (TPSA) is 67.6 Å². The predicted octanol–water partition coefficient (Wildman–Crippen LogP) is 1.13. The molecule has 1 fully saturated rings. The monoisotopic (exact) mass is 303 g/mol. The molecule has 0 spiro atoms. The summed E-state index contributed by atoms with van der Waals surface area (Å²) in [6.07, 6.45) is -0.667. The number of benzene rings is 1. The van der Waals surface area contributed by atoms with Crippen LogP contribution in [0.3, 0.4) is 0 Å². The molecule has 0 bridgehead atoms. The van der Waals surface area contributed by atoms with Gasteiger partial charge in [-0.25, -0.2) is 4.98 Å². The van der Waals surface area contributed by atoms with E-state index in [-0.39, 0.29) is 5.56 Å². The number of morpholine rings is 1. The lowest BCUT2D eigenvalue weighted by atomic mass is 10.0. The maximum Gasteiger partial charge on any atom is 0.262 e. The van der Waals surface area contributed by atoms with E-state index in [1.165, 1.54) is 0 Å². The van der Waals surface area contributed by atoms with Crippen molar-refractivity contribution in [3.05, 3.63) is 33.6 Å². The summed E-state index contributed by atoms with van der Waals surface area (Å²) in [5.74, 6) is 0.631. The molecule has 0 radical (unpaired) electrons. The molecule has 1 saturated heterocycles. The van der Waals surface area contributed by atoms with Gasteiger partial charge >= 0.3 is 0 Å². The predicted molar refractivity (Wildman–Crippen MR) is 85.4 cm³/mol. The maximum atomic E-state index is 12.7. The first-order chi connectivity index (χ1) is 10.5. The van der Waals surface area contributed by atoms with Crippen LogP contribution in [0.15, 0.2) is 16.9 Å². The van der Waals surface area contributed by atoms with E-state index >= 15 is 0 Å². The first-order valence-corrected chi connectivity index (χ1v) is 7.51. The third kappa shape index (κ3) is 2.48. The molecule has 0 aliphatic carbocycles. The Labute approximate surface area is 129 Å². The average molecular weight is 303 g/mol. The quantitative estimate of drug-likeness (QED) is 0.901. The zero-order chi connectivity index (χ0) is 15.9. The molecule has 1 aliphatic rings. The molecular weight excluding hydrogens is 282 g/mol. The third-order valence-electron chi connectivity index (χ3n) is 4.07. The minimum Gasteiger partial charge on any atom is -0.389 e. The maximum absolute atomic E-state index is 12.7. The van der Waals surface area contributed by atoms with Crippen LogP contribution in [0, 0.1) is 6.92 Å². The van der Waals surface area contributed by atoms with E-state index < -0.39 is 6.10 Å². The van der Waals surface area contributed by atoms with Gasteiger partial charge in [0.05, 0.1) is 30.2 Å². The van der Waals surface area contributed by atoms with Crippen LogP contribution in [0.4, 0.5) is 5.95 Å². The van der Waals surface area contributed by atoms with Gasteiger partial charge in [0.15, 0.2) is 0 Å². The van der Waals surface area contributed by atoms with Gasteiger partial charge in [0, 0.05) is 25.7 Å². The standard InChI is InChI=1S/C16H21N3O3/c1-10-8-12(11(2)20)14-13(9-10)15(21)18(3)16(17-14)19-4-6-22-7-5-19/h8-9,11,20H,4-7H2,1-3H3. The molecule has 2 aromatic rings. The van der Waals surface area contributed by atoms with E-state index in [1.54, 1.807) is 18.5 Å². The van der Waals surface area contributed by atoms with Crippen molar-refractivity contribution in [1.29, 1.82) is 0 Å². The van der Waals surface area contributed by atoms with Gasteiger partial charge < -0.3 is 14.7 Å². The van der Waals surface area contributed by atoms with Crippen LogP contribution in [-0.4, -0.2) is 41.0 Å². The Hall–Kier alpha value is -1.92. The van der Waals surface area contributed by atoms with Crippen LogP contribution in [0.25, 0.3) is 10.9 Å². The molecule has 118 valence electrons. The molecule has 1 aromatic heterocycles. The largest absolute Gasteiger partial charge is 0.389 e. The van der Waals surface area contributed by atoms with Crippen molar-refractivity contribution in [2.24, 2.45) is 7.05 Å². The lowest BCUT2D eigenvalue weighted by Crippen LogP contribution is -2.40. The van der Waals surface area contributed by atoms with Crippen LogP contribution in [0.2, 0.25) is 0 Å². The number of hydrogen-bond donors (Lipinski definition) is 1. The van der Waals surface area contributed by atoms with Crippen molar-refractivity contribution in [2.75, 3.05) is 31.2 Å². The zero-order valence-corrected chi connectivity index (χ0v) is 13.2. The van der Waals surface area contributed by atoms with Gasteiger partial charge in [-0.2, -0.15) is 0 Å². The summed E-state index contributed by atoms with van der Waals surface area (Å²) in [5, 5.41) is 10.6. The molecule has 1 N–H and O–H groups in total. The number of aryl methyl sites for hydroxylation is 1. The molecule has 1 aromatic carbocycles. The lowest BCUT2D eigenvalue weighted by molar-refractivity contribution is 0.121. The van der Waals surface area contributed by atoms with Crippen LogP contribution in [0.5, 0.6) is 0 Å². The highest BCUT2D eigenvalue weighted by atomic mass is 16.5. The summed E-state index contributed by atoms with van der Waals surface area (Å²) in [6, 6.07) is 3.72. The van der Waals surface area contributed by atoms with Gasteiger partial charge in [-0.05, 0) is 25.5 Å². The summed E-state index contributed by atoms with van der Waals surface area (Å²) in [7, 11) is 1.74. The Morgan fingerprint density at radius 3 is 2.64 bits per heavy atom. The number of aliphatic hydroxyl groups is 1. The Balaban J connectivity index is 2.27. The van der Waals surface area contributed by atoms with E-state index in [9.17, 15) is 9.90 Å². The van der Waals surface area contributed by atoms with Crippen molar-refractivity contribution >= 4 is 16.9 Å². The molecule has 6 nitrogen and oxygen atoms in total. The summed E-state index contributed by atoms with van der Waals surface area (Å²) in [4.78, 5) is 19.4. The number of aromatic nitrogens is 2. The van der Waals surface area contributed by atoms with Gasteiger partial charge in [-0.15, -0.1) is 0 Å². The number of ether oxygens (including phenoxy) is 1. The number of nitrogens with zero attached hydrogens (tertiary/aromatic N) is 3. The fourth-order valence-corrected chi connectivity index (χ4v) is 2.91. The van der Waals surface area contributed by atoms with E-state index in [1.807, 2.05) is 19.1 Å². The van der Waals surface area contributed by atoms with Crippen LogP contribution in [0.1, 0.15) is 24.2 Å². The fraction of sp³-hybridized carbons (Fsp3) is 0.500. The number of fused-ring (bicyclic) bond motifs is 1. The van der Waals surface area contributed by atoms with Gasteiger partial charge in [-0.3, -0.25) is 9.36 Å². The highest BCUT2D eigenvalue weighted by molar-refractivity contribution is 5.83. The normalized spacial score (nSPS) is 17.0. The number of hydrogen-bond acceptors (Lipinski definition) is 5. The second kappa shape index (κ2) is 5.70. The fourth-order valence-electron chi connectivity index (χ4n) is 2.91. The van der Waals surface area contributed by atoms with Gasteiger partial charge in [0.1, 0.15) is 0 Å². The molecule has 0 amide bonds. The minimum absolute atomic E-state index is 0.0860. The molecule has 22 heavy (non-hydrogen) atoms. The van der Waals surface area contributed by atoms with Gasteiger partial charge in [0.2, 0.25) is 5.95 Å². The summed E-state index contributed by atoms with van der Waals surface area (Å²) >= 11 is 0. The lowest BCUT2D eigenvalue weighted by Gasteiger charge is -2.29. The third-order valence-corrected chi connectivity index (χ3v) is 4.07. The molecule has 6 heteroatoms. The number of anilines is 1. The van der Waals surface area contributed by atoms with Crippen molar-refractivity contribution in [3.8, 4) is 0 Å². The van der Waals surface area contributed by atoms with Crippen LogP contribution >= 0.6 is 0 Å². The van der Waals surface area contributed by atoms with Crippen LogP contribution in [-0.2, 0) is 11.8 Å². The molecule has 2 heterocycles. The highest BCUT2D eigenvalue weighted by Gasteiger charge is 2.20. The molecule has 1 aliphatic heterocycles. The summed E-state index contributed by atoms with van der Waals surface area (Å²) in [5.41, 5.74) is 2.14. The van der Waals surface area contributed by atoms with Gasteiger partial charge in [-0.1, -0.05) is 6.07 Å². The number of rotatable bonds is 2. The SMILES string of the molecule is Cc1cc(C(C)O)c2nc(N3CCOCC3)n(C)c(=O)c2c1. The first-order valence-electron chi connectivity index (χ1n) is 7.51. The number of aliphatic hydroxyl groups excluding tert-OH is 1.